The molecule has 0 fully saturated rings. The minimum atomic E-state index is -0.445. The van der Waals surface area contributed by atoms with E-state index in [1.807, 2.05) is 27.7 Å². The van der Waals surface area contributed by atoms with E-state index in [0.717, 1.165) is 0 Å². The Kier molecular flexibility index (Phi) is 8.02. The summed E-state index contributed by atoms with van der Waals surface area (Å²) in [7, 11) is 1.56. The van der Waals surface area contributed by atoms with Crippen molar-refractivity contribution in [2.45, 2.75) is 54.1 Å². The molecule has 7 heteroatoms. The van der Waals surface area contributed by atoms with Gasteiger partial charge in [-0.15, -0.1) is 0 Å². The van der Waals surface area contributed by atoms with E-state index < -0.39 is 5.97 Å². The van der Waals surface area contributed by atoms with Gasteiger partial charge in [-0.2, -0.15) is 0 Å². The molecule has 1 aromatic heterocycles. The van der Waals surface area contributed by atoms with Crippen LogP contribution in [0.4, 0.5) is 0 Å². The van der Waals surface area contributed by atoms with E-state index in [-0.39, 0.29) is 30.9 Å². The Hall–Kier alpha value is -3.09. The summed E-state index contributed by atoms with van der Waals surface area (Å²) in [6.07, 6.45) is 0. The van der Waals surface area contributed by atoms with E-state index in [1.54, 1.807) is 49.8 Å². The highest BCUT2D eigenvalue weighted by molar-refractivity contribution is 6.06. The van der Waals surface area contributed by atoms with Crippen LogP contribution in [0.5, 0.6) is 5.75 Å². The number of carbonyl (C=O) groups excluding carboxylic acids is 3. The number of nitrogens with zero attached hydrogens (tertiary/aromatic N) is 2. The molecule has 1 amide bonds. The average Bonchev–Trinajstić information content (AvgIpc) is 3.00. The van der Waals surface area contributed by atoms with Crippen LogP contribution in [0, 0.1) is 13.8 Å². The first-order chi connectivity index (χ1) is 14.7. The van der Waals surface area contributed by atoms with Gasteiger partial charge < -0.3 is 18.9 Å². The lowest BCUT2D eigenvalue weighted by Crippen LogP contribution is -2.41. The average molecular weight is 429 g/mol. The van der Waals surface area contributed by atoms with E-state index >= 15 is 0 Å². The van der Waals surface area contributed by atoms with Crippen LogP contribution in [0.2, 0.25) is 0 Å². The zero-order valence-corrected chi connectivity index (χ0v) is 19.4. The normalized spacial score (nSPS) is 10.8. The molecule has 1 aromatic carbocycles. The van der Waals surface area contributed by atoms with Crippen molar-refractivity contribution in [2.24, 2.45) is 0 Å². The number of benzene rings is 1. The van der Waals surface area contributed by atoms with Crippen LogP contribution in [0.25, 0.3) is 0 Å². The summed E-state index contributed by atoms with van der Waals surface area (Å²) in [4.78, 5) is 40.4. The predicted molar refractivity (Wildman–Crippen MR) is 119 cm³/mol. The molecular formula is C24H32N2O5. The summed E-state index contributed by atoms with van der Waals surface area (Å²) in [5, 5.41) is 0. The Bertz CT molecular complexity index is 957. The molecule has 7 nitrogen and oxygen atoms in total. The van der Waals surface area contributed by atoms with Crippen LogP contribution >= 0.6 is 0 Å². The maximum absolute atomic E-state index is 13.3. The number of aromatic nitrogens is 1. The quantitative estimate of drug-likeness (QED) is 0.445. The first-order valence-corrected chi connectivity index (χ1v) is 10.5. The van der Waals surface area contributed by atoms with E-state index in [4.69, 9.17) is 9.47 Å². The highest BCUT2D eigenvalue weighted by Gasteiger charge is 2.29. The van der Waals surface area contributed by atoms with Gasteiger partial charge in [0, 0.05) is 29.4 Å². The minimum absolute atomic E-state index is 0.0831. The fourth-order valence-corrected chi connectivity index (χ4v) is 3.79. The molecular weight excluding hydrogens is 396 g/mol. The van der Waals surface area contributed by atoms with Crippen molar-refractivity contribution < 1.29 is 23.9 Å². The largest absolute Gasteiger partial charge is 0.497 e. The van der Waals surface area contributed by atoms with E-state index in [1.165, 1.54) is 4.90 Å². The summed E-state index contributed by atoms with van der Waals surface area (Å²) >= 11 is 0. The molecule has 0 saturated heterocycles. The second kappa shape index (κ2) is 10.3. The SMILES string of the molecule is CCOC(=O)c1c(C)c(C(=O)CN(C(=O)c2ccc(OC)cc2)C(C)C)c(C)n1CC. The summed E-state index contributed by atoms with van der Waals surface area (Å²) < 4.78 is 12.1. The van der Waals surface area contributed by atoms with Crippen molar-refractivity contribution in [3.8, 4) is 5.75 Å². The van der Waals surface area contributed by atoms with Gasteiger partial charge in [0.1, 0.15) is 11.4 Å². The molecule has 0 radical (unpaired) electrons. The summed E-state index contributed by atoms with van der Waals surface area (Å²) in [5.41, 5.74) is 2.63. The third kappa shape index (κ3) is 4.98. The van der Waals surface area contributed by atoms with Gasteiger partial charge in [-0.25, -0.2) is 4.79 Å². The Morgan fingerprint density at radius 2 is 1.68 bits per heavy atom. The van der Waals surface area contributed by atoms with Crippen LogP contribution in [0.15, 0.2) is 24.3 Å². The molecule has 0 saturated carbocycles. The number of hydrogen-bond donors (Lipinski definition) is 0. The van der Waals surface area contributed by atoms with Crippen molar-refractivity contribution in [2.75, 3.05) is 20.3 Å². The van der Waals surface area contributed by atoms with Crippen molar-refractivity contribution in [1.82, 2.24) is 9.47 Å². The standard InChI is InChI=1S/C24H32N2O5/c1-8-25-17(6)21(16(5)22(25)24(29)31-9-2)20(27)14-26(15(3)4)23(28)18-10-12-19(30-7)13-11-18/h10-13,15H,8-9,14H2,1-7H3. The van der Waals surface area contributed by atoms with Crippen LogP contribution in [0.1, 0.15) is 70.2 Å². The van der Waals surface area contributed by atoms with E-state index in [0.29, 0.717) is 40.4 Å². The summed E-state index contributed by atoms with van der Waals surface area (Å²) in [5.74, 6) is -0.230. The third-order valence-electron chi connectivity index (χ3n) is 5.37. The fourth-order valence-electron chi connectivity index (χ4n) is 3.79. The van der Waals surface area contributed by atoms with Crippen LogP contribution < -0.4 is 4.74 Å². The Balaban J connectivity index is 2.38. The second-order valence-electron chi connectivity index (χ2n) is 7.58. The molecule has 2 aromatic rings. The van der Waals surface area contributed by atoms with Crippen molar-refractivity contribution in [3.63, 3.8) is 0 Å². The topological polar surface area (TPSA) is 77.8 Å². The lowest BCUT2D eigenvalue weighted by atomic mass is 10.0. The number of carbonyl (C=O) groups is 3. The smallest absolute Gasteiger partial charge is 0.355 e. The van der Waals surface area contributed by atoms with Crippen molar-refractivity contribution in [1.29, 1.82) is 0 Å². The first kappa shape index (κ1) is 24.2. The van der Waals surface area contributed by atoms with Crippen molar-refractivity contribution >= 4 is 17.7 Å². The number of amides is 1. The molecule has 0 aliphatic heterocycles. The minimum Gasteiger partial charge on any atom is -0.497 e. The molecule has 0 spiro atoms. The molecule has 31 heavy (non-hydrogen) atoms. The van der Waals surface area contributed by atoms with E-state index in [9.17, 15) is 14.4 Å². The molecule has 0 bridgehead atoms. The number of ether oxygens (including phenoxy) is 2. The van der Waals surface area contributed by atoms with Gasteiger partial charge in [0.25, 0.3) is 5.91 Å². The van der Waals surface area contributed by atoms with Crippen LogP contribution in [0.3, 0.4) is 0 Å². The zero-order chi connectivity index (χ0) is 23.3. The molecule has 0 N–H and O–H groups in total. The van der Waals surface area contributed by atoms with Gasteiger partial charge in [0.2, 0.25) is 0 Å². The zero-order valence-electron chi connectivity index (χ0n) is 19.4. The maximum atomic E-state index is 13.3. The van der Waals surface area contributed by atoms with Crippen molar-refractivity contribution in [3.05, 3.63) is 52.3 Å². The lowest BCUT2D eigenvalue weighted by molar-refractivity contribution is 0.0512. The first-order valence-electron chi connectivity index (χ1n) is 10.5. The molecule has 0 aliphatic carbocycles. The number of Topliss-reactive ketones (excluding diaryl/α,β-unsaturated/α-hetero) is 1. The maximum Gasteiger partial charge on any atom is 0.355 e. The van der Waals surface area contributed by atoms with Gasteiger partial charge in [-0.1, -0.05) is 0 Å². The molecule has 0 atom stereocenters. The monoisotopic (exact) mass is 428 g/mol. The molecule has 0 unspecified atom stereocenters. The third-order valence-corrected chi connectivity index (χ3v) is 5.37. The number of methoxy groups -OCH3 is 1. The van der Waals surface area contributed by atoms with Gasteiger partial charge in [0.05, 0.1) is 20.3 Å². The van der Waals surface area contributed by atoms with Gasteiger partial charge in [0.15, 0.2) is 5.78 Å². The van der Waals surface area contributed by atoms with Gasteiger partial charge >= 0.3 is 5.97 Å². The predicted octanol–water partition coefficient (Wildman–Crippen LogP) is 4.04. The van der Waals surface area contributed by atoms with Crippen LogP contribution in [-0.2, 0) is 11.3 Å². The molecule has 168 valence electrons. The highest BCUT2D eigenvalue weighted by atomic mass is 16.5. The number of hydrogen-bond acceptors (Lipinski definition) is 5. The Labute approximate surface area is 183 Å². The molecule has 1 heterocycles. The number of rotatable bonds is 9. The Morgan fingerprint density at radius 1 is 1.06 bits per heavy atom. The highest BCUT2D eigenvalue weighted by Crippen LogP contribution is 2.25. The Morgan fingerprint density at radius 3 is 2.16 bits per heavy atom. The van der Waals surface area contributed by atoms with Gasteiger partial charge in [-0.05, 0) is 71.4 Å². The lowest BCUT2D eigenvalue weighted by Gasteiger charge is -2.26. The number of ketones is 1. The van der Waals surface area contributed by atoms with E-state index in [2.05, 4.69) is 0 Å². The molecule has 2 rings (SSSR count). The van der Waals surface area contributed by atoms with Crippen LogP contribution in [-0.4, -0.2) is 53.4 Å². The fraction of sp³-hybridized carbons (Fsp3) is 0.458. The summed E-state index contributed by atoms with van der Waals surface area (Å²) in [6.45, 7) is 11.7. The summed E-state index contributed by atoms with van der Waals surface area (Å²) in [6, 6.07) is 6.62. The second-order valence-corrected chi connectivity index (χ2v) is 7.58. The number of esters is 1. The molecule has 0 aliphatic rings. The van der Waals surface area contributed by atoms with Gasteiger partial charge in [-0.3, -0.25) is 9.59 Å².